The van der Waals surface area contributed by atoms with Crippen LogP contribution in [0.3, 0.4) is 0 Å². The molecule has 0 N–H and O–H groups in total. The minimum absolute atomic E-state index is 0.174. The van der Waals surface area contributed by atoms with Gasteiger partial charge in [-0.15, -0.1) is 0 Å². The first kappa shape index (κ1) is 13.9. The standard InChI is InChI=1S/C17H21I/c1-6-13(18)10-15-12(3)14-8-7-11(2)9-16(14)17(15,4)5/h6-10,14,16H,3H2,1-2,4-5H3/b13-6+,15-10+. The second-order valence-electron chi connectivity index (χ2n) is 5.80. The maximum absolute atomic E-state index is 4.35. The Kier molecular flexibility index (Phi) is 3.72. The Morgan fingerprint density at radius 2 is 2.11 bits per heavy atom. The predicted octanol–water partition coefficient (Wildman–Crippen LogP) is 5.60. The van der Waals surface area contributed by atoms with Gasteiger partial charge in [0, 0.05) is 9.50 Å². The predicted molar refractivity (Wildman–Crippen MR) is 88.7 cm³/mol. The molecule has 2 unspecified atom stereocenters. The average molecular weight is 352 g/mol. The summed E-state index contributed by atoms with van der Waals surface area (Å²) in [6, 6.07) is 0. The molecule has 2 atom stereocenters. The van der Waals surface area contributed by atoms with E-state index in [1.54, 1.807) is 0 Å². The lowest BCUT2D eigenvalue weighted by Crippen LogP contribution is -2.22. The topological polar surface area (TPSA) is 0 Å². The van der Waals surface area contributed by atoms with Gasteiger partial charge in [0.2, 0.25) is 0 Å². The van der Waals surface area contributed by atoms with Crippen molar-refractivity contribution in [3.63, 3.8) is 0 Å². The Bertz CT molecular complexity index is 498. The molecule has 96 valence electrons. The van der Waals surface area contributed by atoms with Gasteiger partial charge in [-0.2, -0.15) is 0 Å². The van der Waals surface area contributed by atoms with Gasteiger partial charge in [-0.1, -0.05) is 50.3 Å². The van der Waals surface area contributed by atoms with Crippen LogP contribution in [-0.4, -0.2) is 0 Å². The molecule has 18 heavy (non-hydrogen) atoms. The summed E-state index contributed by atoms with van der Waals surface area (Å²) in [7, 11) is 0. The Labute approximate surface area is 124 Å². The van der Waals surface area contributed by atoms with E-state index in [0.717, 1.165) is 0 Å². The summed E-state index contributed by atoms with van der Waals surface area (Å²) in [4.78, 5) is 0. The fourth-order valence-corrected chi connectivity index (χ4v) is 3.39. The third kappa shape index (κ3) is 2.18. The molecule has 0 radical (unpaired) electrons. The molecule has 1 heteroatoms. The summed E-state index contributed by atoms with van der Waals surface area (Å²) in [5.41, 5.74) is 4.25. The van der Waals surface area contributed by atoms with Crippen LogP contribution in [0.4, 0.5) is 0 Å². The zero-order valence-electron chi connectivity index (χ0n) is 11.6. The SMILES string of the molecule is C=C1/C(=C\C(I)=C/C)C(C)(C)C2C=C(C)C=CC12. The van der Waals surface area contributed by atoms with Crippen molar-refractivity contribution in [1.29, 1.82) is 0 Å². The normalized spacial score (nSPS) is 32.7. The molecule has 2 aliphatic carbocycles. The van der Waals surface area contributed by atoms with E-state index in [9.17, 15) is 0 Å². The van der Waals surface area contributed by atoms with Crippen LogP contribution in [0.15, 0.2) is 57.3 Å². The van der Waals surface area contributed by atoms with Crippen LogP contribution < -0.4 is 0 Å². The van der Waals surface area contributed by atoms with E-state index in [1.807, 2.05) is 0 Å². The van der Waals surface area contributed by atoms with E-state index in [2.05, 4.69) is 87.2 Å². The molecule has 0 aromatic rings. The fraction of sp³-hybridized carbons (Fsp3) is 0.412. The monoisotopic (exact) mass is 352 g/mol. The summed E-state index contributed by atoms with van der Waals surface area (Å²) < 4.78 is 1.29. The lowest BCUT2D eigenvalue weighted by Gasteiger charge is -2.29. The average Bonchev–Trinajstić information content (AvgIpc) is 2.50. The Balaban J connectivity index is 2.50. The van der Waals surface area contributed by atoms with Gasteiger partial charge in [-0.05, 0) is 65.0 Å². The van der Waals surface area contributed by atoms with E-state index in [4.69, 9.17) is 0 Å². The molecule has 0 spiro atoms. The number of hydrogen-bond donors (Lipinski definition) is 0. The molecule has 1 fully saturated rings. The highest BCUT2D eigenvalue weighted by molar-refractivity contribution is 14.1. The van der Waals surface area contributed by atoms with Crippen LogP contribution in [-0.2, 0) is 0 Å². The second-order valence-corrected chi connectivity index (χ2v) is 7.05. The molecule has 0 nitrogen and oxygen atoms in total. The zero-order valence-corrected chi connectivity index (χ0v) is 13.8. The third-order valence-corrected chi connectivity index (χ3v) is 5.16. The molecule has 0 bridgehead atoms. The summed E-state index contributed by atoms with van der Waals surface area (Å²) in [5, 5.41) is 0. The molecule has 0 heterocycles. The highest BCUT2D eigenvalue weighted by Crippen LogP contribution is 2.56. The second kappa shape index (κ2) is 4.84. The molecule has 1 saturated carbocycles. The number of allylic oxidation sites excluding steroid dienone is 9. The molecular formula is C17H21I. The van der Waals surface area contributed by atoms with E-state index in [-0.39, 0.29) is 5.41 Å². The first-order valence-electron chi connectivity index (χ1n) is 6.47. The first-order chi connectivity index (χ1) is 8.37. The van der Waals surface area contributed by atoms with Crippen LogP contribution in [0.2, 0.25) is 0 Å². The van der Waals surface area contributed by atoms with Gasteiger partial charge in [0.25, 0.3) is 0 Å². The lowest BCUT2D eigenvalue weighted by molar-refractivity contribution is 0.332. The van der Waals surface area contributed by atoms with Crippen LogP contribution in [0, 0.1) is 17.3 Å². The van der Waals surface area contributed by atoms with Crippen LogP contribution in [0.5, 0.6) is 0 Å². The molecule has 0 amide bonds. The van der Waals surface area contributed by atoms with Gasteiger partial charge in [0.05, 0.1) is 0 Å². The highest BCUT2D eigenvalue weighted by atomic mass is 127. The van der Waals surface area contributed by atoms with Crippen molar-refractivity contribution in [2.24, 2.45) is 17.3 Å². The summed E-state index contributed by atoms with van der Waals surface area (Å²) >= 11 is 2.39. The van der Waals surface area contributed by atoms with Crippen LogP contribution >= 0.6 is 22.6 Å². The van der Waals surface area contributed by atoms with Gasteiger partial charge in [-0.25, -0.2) is 0 Å². The Morgan fingerprint density at radius 3 is 2.72 bits per heavy atom. The van der Waals surface area contributed by atoms with E-state index >= 15 is 0 Å². The third-order valence-electron chi connectivity index (χ3n) is 4.23. The Morgan fingerprint density at radius 1 is 1.44 bits per heavy atom. The number of fused-ring (bicyclic) bond motifs is 1. The van der Waals surface area contributed by atoms with Crippen LogP contribution in [0.1, 0.15) is 27.7 Å². The van der Waals surface area contributed by atoms with Crippen molar-refractivity contribution >= 4 is 22.6 Å². The maximum Gasteiger partial charge on any atom is 0.00902 e. The number of halogens is 1. The van der Waals surface area contributed by atoms with Gasteiger partial charge in [0.1, 0.15) is 0 Å². The van der Waals surface area contributed by atoms with Crippen LogP contribution in [0.25, 0.3) is 0 Å². The fourth-order valence-electron chi connectivity index (χ4n) is 3.08. The Hall–Kier alpha value is -0.570. The smallest absolute Gasteiger partial charge is 0.00902 e. The lowest BCUT2D eigenvalue weighted by atomic mass is 9.74. The largest absolute Gasteiger partial charge is 0.0949 e. The summed E-state index contributed by atoms with van der Waals surface area (Å²) in [6.45, 7) is 13.3. The van der Waals surface area contributed by atoms with E-state index in [0.29, 0.717) is 11.8 Å². The van der Waals surface area contributed by atoms with Gasteiger partial charge in [0.15, 0.2) is 0 Å². The van der Waals surface area contributed by atoms with Crippen molar-refractivity contribution in [2.75, 3.05) is 0 Å². The molecule has 0 aromatic carbocycles. The van der Waals surface area contributed by atoms with Gasteiger partial charge >= 0.3 is 0 Å². The van der Waals surface area contributed by atoms with Crippen molar-refractivity contribution in [2.45, 2.75) is 27.7 Å². The zero-order chi connectivity index (χ0) is 13.5. The number of rotatable bonds is 1. The first-order valence-corrected chi connectivity index (χ1v) is 7.55. The molecule has 0 saturated heterocycles. The molecule has 2 rings (SSSR count). The van der Waals surface area contributed by atoms with Crippen molar-refractivity contribution in [1.82, 2.24) is 0 Å². The minimum Gasteiger partial charge on any atom is -0.0949 e. The molecule has 2 aliphatic rings. The van der Waals surface area contributed by atoms with Crippen molar-refractivity contribution in [3.05, 3.63) is 57.3 Å². The maximum atomic E-state index is 4.35. The summed E-state index contributed by atoms with van der Waals surface area (Å²) in [6.07, 6.45) is 11.4. The summed E-state index contributed by atoms with van der Waals surface area (Å²) in [5.74, 6) is 1.04. The van der Waals surface area contributed by atoms with Crippen molar-refractivity contribution in [3.8, 4) is 0 Å². The number of hydrogen-bond acceptors (Lipinski definition) is 0. The molecule has 0 aromatic heterocycles. The van der Waals surface area contributed by atoms with Crippen molar-refractivity contribution < 1.29 is 0 Å². The molecule has 0 aliphatic heterocycles. The van der Waals surface area contributed by atoms with Gasteiger partial charge in [-0.3, -0.25) is 0 Å². The van der Waals surface area contributed by atoms with Gasteiger partial charge < -0.3 is 0 Å². The molecular weight excluding hydrogens is 331 g/mol. The van der Waals surface area contributed by atoms with E-state index in [1.165, 1.54) is 20.3 Å². The minimum atomic E-state index is 0.174. The van der Waals surface area contributed by atoms with E-state index < -0.39 is 0 Å². The quantitative estimate of drug-likeness (QED) is 0.539. The highest BCUT2D eigenvalue weighted by Gasteiger charge is 2.46.